The number of aliphatic hydroxyl groups is 2. The SMILES string of the molecule is C=CCOC(=O)O.OCCO. The van der Waals surface area contributed by atoms with Crippen molar-refractivity contribution in [1.29, 1.82) is 0 Å². The van der Waals surface area contributed by atoms with E-state index >= 15 is 0 Å². The third-order valence-corrected chi connectivity index (χ3v) is 0.425. The molecule has 0 unspecified atom stereocenters. The van der Waals surface area contributed by atoms with Crippen LogP contribution in [0.3, 0.4) is 0 Å². The first-order valence-electron chi connectivity index (χ1n) is 2.87. The summed E-state index contributed by atoms with van der Waals surface area (Å²) in [6.07, 6.45) is 0.105. The van der Waals surface area contributed by atoms with Gasteiger partial charge in [0.25, 0.3) is 0 Å². The molecule has 5 heteroatoms. The number of aliphatic hydroxyl groups excluding tert-OH is 2. The monoisotopic (exact) mass is 164 g/mol. The number of ether oxygens (including phenoxy) is 1. The van der Waals surface area contributed by atoms with Crippen molar-refractivity contribution in [3.8, 4) is 0 Å². The molecule has 0 aromatic rings. The average molecular weight is 164 g/mol. The van der Waals surface area contributed by atoms with Crippen LogP contribution in [0.5, 0.6) is 0 Å². The van der Waals surface area contributed by atoms with Gasteiger partial charge >= 0.3 is 6.16 Å². The summed E-state index contributed by atoms with van der Waals surface area (Å²) in [5, 5.41) is 23.0. The fourth-order valence-corrected chi connectivity index (χ4v) is 0.130. The van der Waals surface area contributed by atoms with Crippen LogP contribution >= 0.6 is 0 Å². The normalized spacial score (nSPS) is 7.45. The fourth-order valence-electron chi connectivity index (χ4n) is 0.130. The minimum absolute atomic E-state index is 0.0648. The maximum absolute atomic E-state index is 9.49. The molecule has 0 spiro atoms. The summed E-state index contributed by atoms with van der Waals surface area (Å²) in [6.45, 7) is 3.06. The van der Waals surface area contributed by atoms with Crippen LogP contribution < -0.4 is 0 Å². The lowest BCUT2D eigenvalue weighted by molar-refractivity contribution is 0.102. The second kappa shape index (κ2) is 11.7. The molecule has 0 heterocycles. The highest BCUT2D eigenvalue weighted by molar-refractivity contribution is 5.56. The Morgan fingerprint density at radius 3 is 2.00 bits per heavy atom. The van der Waals surface area contributed by atoms with E-state index < -0.39 is 6.16 Å². The molecule has 0 fully saturated rings. The molecule has 0 aromatic heterocycles. The molecule has 0 aliphatic rings. The molecule has 5 nitrogen and oxygen atoms in total. The zero-order chi connectivity index (χ0) is 9.11. The molecule has 0 rings (SSSR count). The van der Waals surface area contributed by atoms with E-state index in [0.717, 1.165) is 0 Å². The Bertz CT molecular complexity index is 99.1. The number of hydrogen-bond donors (Lipinski definition) is 3. The van der Waals surface area contributed by atoms with Crippen molar-refractivity contribution in [2.75, 3.05) is 19.8 Å². The standard InChI is InChI=1S/C4H6O3.C2H6O2/c1-2-3-7-4(5)6;3-1-2-4/h2H,1,3H2,(H,5,6);3-4H,1-2H2. The Morgan fingerprint density at radius 1 is 1.45 bits per heavy atom. The van der Waals surface area contributed by atoms with Crippen molar-refractivity contribution < 1.29 is 24.9 Å². The Morgan fingerprint density at radius 2 is 1.91 bits per heavy atom. The molecular formula is C6H12O5. The van der Waals surface area contributed by atoms with Crippen LogP contribution in [0.2, 0.25) is 0 Å². The number of hydrogen-bond acceptors (Lipinski definition) is 4. The van der Waals surface area contributed by atoms with Crippen LogP contribution in [-0.2, 0) is 4.74 Å². The van der Waals surface area contributed by atoms with Crippen LogP contribution in [0.4, 0.5) is 4.79 Å². The van der Waals surface area contributed by atoms with Gasteiger partial charge in [-0.15, -0.1) is 0 Å². The fraction of sp³-hybridized carbons (Fsp3) is 0.500. The molecule has 0 aromatic carbocycles. The van der Waals surface area contributed by atoms with Gasteiger partial charge in [0.15, 0.2) is 0 Å². The Balaban J connectivity index is 0. The third kappa shape index (κ3) is 27.8. The largest absolute Gasteiger partial charge is 0.506 e. The molecule has 11 heavy (non-hydrogen) atoms. The van der Waals surface area contributed by atoms with E-state index in [9.17, 15) is 4.79 Å². The molecule has 3 N–H and O–H groups in total. The molecule has 0 saturated carbocycles. The van der Waals surface area contributed by atoms with Crippen LogP contribution in [0.1, 0.15) is 0 Å². The molecular weight excluding hydrogens is 152 g/mol. The van der Waals surface area contributed by atoms with Crippen molar-refractivity contribution in [3.05, 3.63) is 12.7 Å². The third-order valence-electron chi connectivity index (χ3n) is 0.425. The Kier molecular flexibility index (Phi) is 13.4. The van der Waals surface area contributed by atoms with Crippen LogP contribution in [0.25, 0.3) is 0 Å². The van der Waals surface area contributed by atoms with Crippen LogP contribution in [0, 0.1) is 0 Å². The predicted molar refractivity (Wildman–Crippen MR) is 38.3 cm³/mol. The summed E-state index contributed by atoms with van der Waals surface area (Å²) in [5.41, 5.74) is 0. The highest BCUT2D eigenvalue weighted by atomic mass is 16.7. The summed E-state index contributed by atoms with van der Waals surface area (Å²) >= 11 is 0. The Hall–Kier alpha value is -1.07. The number of carboxylic acid groups (broad SMARTS) is 1. The van der Waals surface area contributed by atoms with E-state index in [0.29, 0.717) is 0 Å². The summed E-state index contributed by atoms with van der Waals surface area (Å²) < 4.78 is 3.99. The maximum atomic E-state index is 9.49. The van der Waals surface area contributed by atoms with E-state index in [4.69, 9.17) is 15.3 Å². The second-order valence-electron chi connectivity index (χ2n) is 1.31. The summed E-state index contributed by atoms with van der Waals surface area (Å²) in [6, 6.07) is 0. The summed E-state index contributed by atoms with van der Waals surface area (Å²) in [5.74, 6) is 0. The van der Waals surface area contributed by atoms with Crippen molar-refractivity contribution in [2.24, 2.45) is 0 Å². The maximum Gasteiger partial charge on any atom is 0.506 e. The van der Waals surface area contributed by atoms with Gasteiger partial charge in [-0.1, -0.05) is 12.7 Å². The van der Waals surface area contributed by atoms with E-state index in [-0.39, 0.29) is 19.8 Å². The molecule has 0 aliphatic carbocycles. The van der Waals surface area contributed by atoms with E-state index in [1.807, 2.05) is 0 Å². The average Bonchev–Trinajstić information content (AvgIpc) is 2.01. The van der Waals surface area contributed by atoms with Gasteiger partial charge in [0.1, 0.15) is 6.61 Å². The molecule has 0 saturated heterocycles. The minimum Gasteiger partial charge on any atom is -0.450 e. The molecule has 0 amide bonds. The van der Waals surface area contributed by atoms with Gasteiger partial charge in [-0.25, -0.2) is 4.79 Å². The summed E-state index contributed by atoms with van der Waals surface area (Å²) in [4.78, 5) is 9.49. The van der Waals surface area contributed by atoms with Gasteiger partial charge in [-0.05, 0) is 0 Å². The lowest BCUT2D eigenvalue weighted by atomic mass is 10.7. The van der Waals surface area contributed by atoms with Crippen molar-refractivity contribution in [1.82, 2.24) is 0 Å². The van der Waals surface area contributed by atoms with Crippen LogP contribution in [0.15, 0.2) is 12.7 Å². The van der Waals surface area contributed by atoms with Crippen molar-refractivity contribution in [3.63, 3.8) is 0 Å². The lowest BCUT2D eigenvalue weighted by Crippen LogP contribution is -1.98. The lowest BCUT2D eigenvalue weighted by Gasteiger charge is -1.88. The number of carbonyl (C=O) groups is 1. The van der Waals surface area contributed by atoms with Crippen LogP contribution in [-0.4, -0.2) is 41.3 Å². The molecule has 66 valence electrons. The first-order chi connectivity index (χ1) is 5.18. The smallest absolute Gasteiger partial charge is 0.450 e. The zero-order valence-corrected chi connectivity index (χ0v) is 6.06. The molecule has 0 atom stereocenters. The predicted octanol–water partition coefficient (Wildman–Crippen LogP) is -0.162. The quantitative estimate of drug-likeness (QED) is 0.398. The molecule has 0 bridgehead atoms. The van der Waals surface area contributed by atoms with Gasteiger partial charge in [0, 0.05) is 0 Å². The van der Waals surface area contributed by atoms with Gasteiger partial charge < -0.3 is 20.1 Å². The first-order valence-corrected chi connectivity index (χ1v) is 2.87. The highest BCUT2D eigenvalue weighted by Gasteiger charge is 1.87. The van der Waals surface area contributed by atoms with E-state index in [1.165, 1.54) is 6.08 Å². The van der Waals surface area contributed by atoms with Crippen molar-refractivity contribution in [2.45, 2.75) is 0 Å². The van der Waals surface area contributed by atoms with Gasteiger partial charge in [0.05, 0.1) is 13.2 Å². The van der Waals surface area contributed by atoms with Crippen molar-refractivity contribution >= 4 is 6.16 Å². The van der Waals surface area contributed by atoms with Gasteiger partial charge in [-0.3, -0.25) is 0 Å². The molecule has 0 aliphatic heterocycles. The Labute approximate surface area is 64.5 Å². The van der Waals surface area contributed by atoms with Gasteiger partial charge in [-0.2, -0.15) is 0 Å². The first kappa shape index (κ1) is 12.6. The van der Waals surface area contributed by atoms with E-state index in [1.54, 1.807) is 0 Å². The zero-order valence-electron chi connectivity index (χ0n) is 6.06. The van der Waals surface area contributed by atoms with E-state index in [2.05, 4.69) is 11.3 Å². The topological polar surface area (TPSA) is 87.0 Å². The minimum atomic E-state index is -1.26. The number of rotatable bonds is 3. The second-order valence-corrected chi connectivity index (χ2v) is 1.31. The summed E-state index contributed by atoms with van der Waals surface area (Å²) in [7, 11) is 0. The molecule has 0 radical (unpaired) electrons. The van der Waals surface area contributed by atoms with Gasteiger partial charge in [0.2, 0.25) is 0 Å². The highest BCUT2D eigenvalue weighted by Crippen LogP contribution is 1.73.